The van der Waals surface area contributed by atoms with Gasteiger partial charge < -0.3 is 14.2 Å². The number of hydrogen-bond donors (Lipinski definition) is 0. The SMILES string of the molecule is CCCOc1ccc(OCc2ccc(C3CCC(CC)OC3)cc2)c(F)c1F. The van der Waals surface area contributed by atoms with Gasteiger partial charge in [0.15, 0.2) is 11.5 Å². The Morgan fingerprint density at radius 1 is 0.929 bits per heavy atom. The van der Waals surface area contributed by atoms with Gasteiger partial charge in [0.2, 0.25) is 11.6 Å². The second kappa shape index (κ2) is 9.87. The summed E-state index contributed by atoms with van der Waals surface area (Å²) in [5, 5.41) is 0. The van der Waals surface area contributed by atoms with Crippen molar-refractivity contribution in [1.29, 1.82) is 0 Å². The van der Waals surface area contributed by atoms with Crippen molar-refractivity contribution in [3.8, 4) is 11.5 Å². The van der Waals surface area contributed by atoms with Crippen molar-refractivity contribution in [2.45, 2.75) is 58.2 Å². The smallest absolute Gasteiger partial charge is 0.204 e. The van der Waals surface area contributed by atoms with E-state index in [0.717, 1.165) is 37.9 Å². The topological polar surface area (TPSA) is 27.7 Å². The third kappa shape index (κ3) is 5.02. The summed E-state index contributed by atoms with van der Waals surface area (Å²) in [5.41, 5.74) is 2.14. The third-order valence-electron chi connectivity index (χ3n) is 5.14. The number of benzene rings is 2. The highest BCUT2D eigenvalue weighted by atomic mass is 19.2. The van der Waals surface area contributed by atoms with Crippen LogP contribution in [-0.2, 0) is 11.3 Å². The van der Waals surface area contributed by atoms with E-state index in [0.29, 0.717) is 18.6 Å². The Hall–Kier alpha value is -2.14. The first kappa shape index (κ1) is 20.6. The molecule has 1 saturated heterocycles. The molecule has 152 valence electrons. The molecule has 1 aliphatic rings. The maximum Gasteiger partial charge on any atom is 0.204 e. The van der Waals surface area contributed by atoms with Crippen LogP contribution in [0.2, 0.25) is 0 Å². The fourth-order valence-corrected chi connectivity index (χ4v) is 3.39. The minimum absolute atomic E-state index is 0.0870. The van der Waals surface area contributed by atoms with Gasteiger partial charge in [0.05, 0.1) is 19.3 Å². The maximum absolute atomic E-state index is 14.2. The standard InChI is InChI=1S/C23H28F2O3/c1-3-13-26-20-11-12-21(23(25)22(20)24)28-14-16-5-7-17(8-6-16)18-9-10-19(4-2)27-15-18/h5-8,11-12,18-19H,3-4,9-10,13-15H2,1-2H3. The lowest BCUT2D eigenvalue weighted by Gasteiger charge is -2.28. The summed E-state index contributed by atoms with van der Waals surface area (Å²) in [4.78, 5) is 0. The number of halogens is 2. The van der Waals surface area contributed by atoms with E-state index in [-0.39, 0.29) is 18.1 Å². The number of ether oxygens (including phenoxy) is 3. The van der Waals surface area contributed by atoms with E-state index < -0.39 is 11.6 Å². The van der Waals surface area contributed by atoms with Crippen LogP contribution in [0.5, 0.6) is 11.5 Å². The molecule has 3 rings (SSSR count). The van der Waals surface area contributed by atoms with Crippen molar-refractivity contribution >= 4 is 0 Å². The molecule has 0 radical (unpaired) electrons. The Morgan fingerprint density at radius 2 is 1.61 bits per heavy atom. The molecule has 2 unspecified atom stereocenters. The molecule has 1 aliphatic heterocycles. The molecular formula is C23H28F2O3. The maximum atomic E-state index is 14.2. The van der Waals surface area contributed by atoms with Gasteiger partial charge in [-0.1, -0.05) is 38.1 Å². The minimum atomic E-state index is -1.02. The molecule has 3 nitrogen and oxygen atoms in total. The molecule has 0 aromatic heterocycles. The fourth-order valence-electron chi connectivity index (χ4n) is 3.39. The monoisotopic (exact) mass is 390 g/mol. The largest absolute Gasteiger partial charge is 0.490 e. The molecule has 5 heteroatoms. The lowest BCUT2D eigenvalue weighted by molar-refractivity contribution is 0.00203. The summed E-state index contributed by atoms with van der Waals surface area (Å²) in [5.74, 6) is -1.81. The van der Waals surface area contributed by atoms with Gasteiger partial charge in [-0.25, -0.2) is 0 Å². The molecule has 0 amide bonds. The van der Waals surface area contributed by atoms with Gasteiger partial charge in [0, 0.05) is 5.92 Å². The van der Waals surface area contributed by atoms with Crippen molar-refractivity contribution in [2.75, 3.05) is 13.2 Å². The molecule has 2 aromatic carbocycles. The Kier molecular flexibility index (Phi) is 7.26. The Labute approximate surface area is 165 Å². The van der Waals surface area contributed by atoms with E-state index in [4.69, 9.17) is 14.2 Å². The van der Waals surface area contributed by atoms with Crippen molar-refractivity contribution in [1.82, 2.24) is 0 Å². The number of rotatable bonds is 8. The number of hydrogen-bond acceptors (Lipinski definition) is 3. The third-order valence-corrected chi connectivity index (χ3v) is 5.14. The van der Waals surface area contributed by atoms with Crippen LogP contribution in [0.4, 0.5) is 8.78 Å². The molecule has 2 atom stereocenters. The average molecular weight is 390 g/mol. The van der Waals surface area contributed by atoms with Gasteiger partial charge in [0.25, 0.3) is 0 Å². The van der Waals surface area contributed by atoms with E-state index in [1.165, 1.54) is 17.7 Å². The van der Waals surface area contributed by atoms with E-state index in [9.17, 15) is 8.78 Å². The predicted molar refractivity (Wildman–Crippen MR) is 105 cm³/mol. The van der Waals surface area contributed by atoms with Crippen molar-refractivity contribution in [2.24, 2.45) is 0 Å². The molecule has 0 saturated carbocycles. The van der Waals surface area contributed by atoms with E-state index in [2.05, 4.69) is 19.1 Å². The van der Waals surface area contributed by atoms with Gasteiger partial charge in [-0.3, -0.25) is 0 Å². The minimum Gasteiger partial charge on any atom is -0.490 e. The van der Waals surface area contributed by atoms with Gasteiger partial charge in [0.1, 0.15) is 6.61 Å². The van der Waals surface area contributed by atoms with E-state index >= 15 is 0 Å². The molecule has 0 N–H and O–H groups in total. The molecule has 2 aromatic rings. The van der Waals surface area contributed by atoms with Crippen molar-refractivity contribution in [3.05, 3.63) is 59.2 Å². The normalized spacial score (nSPS) is 19.4. The Bertz CT molecular complexity index is 753. The Balaban J connectivity index is 1.57. The first-order chi connectivity index (χ1) is 13.6. The molecule has 0 spiro atoms. The lowest BCUT2D eigenvalue weighted by atomic mass is 9.90. The molecule has 0 aliphatic carbocycles. The van der Waals surface area contributed by atoms with Crippen molar-refractivity contribution in [3.63, 3.8) is 0 Å². The molecule has 1 heterocycles. The van der Waals surface area contributed by atoms with Gasteiger partial charge in [-0.15, -0.1) is 0 Å². The second-order valence-electron chi connectivity index (χ2n) is 7.21. The van der Waals surface area contributed by atoms with Crippen molar-refractivity contribution < 1.29 is 23.0 Å². The van der Waals surface area contributed by atoms with E-state index in [1.54, 1.807) is 0 Å². The summed E-state index contributed by atoms with van der Waals surface area (Å²) in [7, 11) is 0. The first-order valence-corrected chi connectivity index (χ1v) is 10.1. The molecule has 0 bridgehead atoms. The van der Waals surface area contributed by atoms with Crippen LogP contribution in [0.25, 0.3) is 0 Å². The van der Waals surface area contributed by atoms with Crippen LogP contribution >= 0.6 is 0 Å². The average Bonchev–Trinajstić information content (AvgIpc) is 2.74. The van der Waals surface area contributed by atoms with Gasteiger partial charge in [-0.2, -0.15) is 8.78 Å². The van der Waals surface area contributed by atoms with E-state index in [1.807, 2.05) is 19.1 Å². The Morgan fingerprint density at radius 3 is 2.18 bits per heavy atom. The second-order valence-corrected chi connectivity index (χ2v) is 7.21. The summed E-state index contributed by atoms with van der Waals surface area (Å²) in [6.07, 6.45) is 4.39. The highest BCUT2D eigenvalue weighted by Gasteiger charge is 2.21. The zero-order chi connectivity index (χ0) is 19.9. The quantitative estimate of drug-likeness (QED) is 0.553. The van der Waals surface area contributed by atoms with Gasteiger partial charge >= 0.3 is 0 Å². The summed E-state index contributed by atoms with van der Waals surface area (Å²) in [6.45, 7) is 5.32. The zero-order valence-electron chi connectivity index (χ0n) is 16.5. The van der Waals surface area contributed by atoms with Crippen LogP contribution in [0.1, 0.15) is 56.6 Å². The highest BCUT2D eigenvalue weighted by Crippen LogP contribution is 2.30. The lowest BCUT2D eigenvalue weighted by Crippen LogP contribution is -2.24. The molecular weight excluding hydrogens is 362 g/mol. The summed E-state index contributed by atoms with van der Waals surface area (Å²) >= 11 is 0. The molecule has 28 heavy (non-hydrogen) atoms. The fraction of sp³-hybridized carbons (Fsp3) is 0.478. The predicted octanol–water partition coefficient (Wildman–Crippen LogP) is 6.01. The van der Waals surface area contributed by atoms with Crippen LogP contribution < -0.4 is 9.47 Å². The zero-order valence-corrected chi connectivity index (χ0v) is 16.5. The van der Waals surface area contributed by atoms with Crippen LogP contribution in [-0.4, -0.2) is 19.3 Å². The molecule has 1 fully saturated rings. The highest BCUT2D eigenvalue weighted by molar-refractivity contribution is 5.35. The van der Waals surface area contributed by atoms with Crippen LogP contribution in [0.15, 0.2) is 36.4 Å². The van der Waals surface area contributed by atoms with Gasteiger partial charge in [-0.05, 0) is 48.9 Å². The summed E-state index contributed by atoms with van der Waals surface area (Å²) in [6, 6.07) is 10.9. The first-order valence-electron chi connectivity index (χ1n) is 10.1. The van der Waals surface area contributed by atoms with Crippen LogP contribution in [0, 0.1) is 11.6 Å². The van der Waals surface area contributed by atoms with Crippen LogP contribution in [0.3, 0.4) is 0 Å². The summed E-state index contributed by atoms with van der Waals surface area (Å²) < 4.78 is 44.7.